The number of halogens is 1. The van der Waals surface area contributed by atoms with Crippen molar-refractivity contribution in [1.29, 1.82) is 0 Å². The summed E-state index contributed by atoms with van der Waals surface area (Å²) in [5.74, 6) is -2.36. The molecule has 1 aliphatic rings. The third-order valence-corrected chi connectivity index (χ3v) is 9.81. The lowest BCUT2D eigenvalue weighted by Gasteiger charge is -2.45. The third kappa shape index (κ3) is 9.04. The van der Waals surface area contributed by atoms with E-state index in [4.69, 9.17) is 21.1 Å². The summed E-state index contributed by atoms with van der Waals surface area (Å²) in [5, 5.41) is 15.4. The van der Waals surface area contributed by atoms with E-state index in [0.717, 1.165) is 16.8 Å². The molecule has 0 bridgehead atoms. The Morgan fingerprint density at radius 2 is 1.74 bits per heavy atom. The molecule has 0 saturated carbocycles. The summed E-state index contributed by atoms with van der Waals surface area (Å²) in [5.41, 5.74) is -0.0399. The van der Waals surface area contributed by atoms with Crippen LogP contribution in [-0.4, -0.2) is 87.0 Å². The van der Waals surface area contributed by atoms with Crippen LogP contribution in [0.25, 0.3) is 0 Å². The molecule has 0 aromatic heterocycles. The Labute approximate surface area is 251 Å². The van der Waals surface area contributed by atoms with Crippen LogP contribution >= 0.6 is 11.6 Å². The monoisotopic (exact) mass is 645 g/mol. The molecule has 0 aliphatic carbocycles. The normalized spacial score (nSPS) is 15.8. The van der Waals surface area contributed by atoms with E-state index in [1.54, 1.807) is 37.3 Å². The Morgan fingerprint density at radius 1 is 1.07 bits per heavy atom. The van der Waals surface area contributed by atoms with Gasteiger partial charge in [-0.25, -0.2) is 21.8 Å². The molecule has 42 heavy (non-hydrogen) atoms. The number of hydrogen-bond acceptors (Lipinski definition) is 10. The number of sulfone groups is 2. The van der Waals surface area contributed by atoms with Gasteiger partial charge in [-0.2, -0.15) is 0 Å². The number of benzene rings is 2. The molecular formula is C27H36ClN3O9S2. The van der Waals surface area contributed by atoms with Crippen molar-refractivity contribution in [3.63, 3.8) is 0 Å². The minimum absolute atomic E-state index is 0.0271. The molecule has 15 heteroatoms. The standard InChI is InChI=1S/C27H36ClN3O9S2/c1-4-27(15-20-8-6-5-7-9-20,31(30-24(32)16-28)25(33)12-13-41(3,35)36)29-17-26(2,34)18-42(37,38)21-10-11-22-23(14-21)40-19-39-22/h5-11,14,29,34H,4,12-13,15-19H2,1-3H3,(H,30,32)/t26-,27?/m0/s1. The summed E-state index contributed by atoms with van der Waals surface area (Å²) in [6.45, 7) is 2.71. The molecular weight excluding hydrogens is 610 g/mol. The van der Waals surface area contributed by atoms with Crippen LogP contribution in [0.15, 0.2) is 53.4 Å². The second kappa shape index (κ2) is 13.6. The van der Waals surface area contributed by atoms with Crippen LogP contribution in [-0.2, 0) is 35.7 Å². The highest BCUT2D eigenvalue weighted by Crippen LogP contribution is 2.34. The van der Waals surface area contributed by atoms with Crippen molar-refractivity contribution >= 4 is 43.1 Å². The highest BCUT2D eigenvalue weighted by molar-refractivity contribution is 7.91. The third-order valence-electron chi connectivity index (χ3n) is 6.65. The average Bonchev–Trinajstić information content (AvgIpc) is 3.40. The van der Waals surface area contributed by atoms with E-state index in [1.165, 1.54) is 25.1 Å². The number of hydrazine groups is 1. The van der Waals surface area contributed by atoms with Crippen LogP contribution < -0.4 is 20.2 Å². The van der Waals surface area contributed by atoms with Gasteiger partial charge in [0.1, 0.15) is 21.4 Å². The van der Waals surface area contributed by atoms with Crippen LogP contribution in [0.3, 0.4) is 0 Å². The van der Waals surface area contributed by atoms with Crippen molar-refractivity contribution in [3.05, 3.63) is 54.1 Å². The predicted molar refractivity (Wildman–Crippen MR) is 156 cm³/mol. The van der Waals surface area contributed by atoms with Gasteiger partial charge in [0.05, 0.1) is 22.0 Å². The summed E-state index contributed by atoms with van der Waals surface area (Å²) in [6.07, 6.45) is 0.839. The first-order valence-corrected chi connectivity index (χ1v) is 17.3. The highest BCUT2D eigenvalue weighted by atomic mass is 35.5. The number of fused-ring (bicyclic) bond motifs is 1. The number of carbonyl (C=O) groups is 2. The van der Waals surface area contributed by atoms with Gasteiger partial charge in [0, 0.05) is 31.7 Å². The first-order chi connectivity index (χ1) is 19.6. The van der Waals surface area contributed by atoms with Crippen LogP contribution in [0.1, 0.15) is 32.3 Å². The summed E-state index contributed by atoms with van der Waals surface area (Å²) in [4.78, 5) is 25.8. The summed E-state index contributed by atoms with van der Waals surface area (Å²) in [6, 6.07) is 13.2. The molecule has 2 atom stereocenters. The minimum atomic E-state index is -4.02. The maximum Gasteiger partial charge on any atom is 0.253 e. The molecule has 1 aliphatic heterocycles. The van der Waals surface area contributed by atoms with E-state index in [2.05, 4.69) is 10.7 Å². The summed E-state index contributed by atoms with van der Waals surface area (Å²) >= 11 is 5.73. The molecule has 2 aromatic carbocycles. The number of aliphatic hydroxyl groups is 1. The second-order valence-corrected chi connectivity index (χ2v) is 15.0. The van der Waals surface area contributed by atoms with Gasteiger partial charge >= 0.3 is 0 Å². The number of alkyl halides is 1. The van der Waals surface area contributed by atoms with E-state index >= 15 is 0 Å². The first kappa shape index (κ1) is 33.6. The van der Waals surface area contributed by atoms with Crippen molar-refractivity contribution in [3.8, 4) is 11.5 Å². The number of hydrogen-bond donors (Lipinski definition) is 3. The van der Waals surface area contributed by atoms with E-state index < -0.39 is 66.6 Å². The first-order valence-electron chi connectivity index (χ1n) is 13.1. The number of carbonyl (C=O) groups excluding carboxylic acids is 2. The minimum Gasteiger partial charge on any atom is -0.454 e. The van der Waals surface area contributed by atoms with E-state index in [1.807, 2.05) is 0 Å². The van der Waals surface area contributed by atoms with Crippen molar-refractivity contribution in [2.45, 2.75) is 49.3 Å². The van der Waals surface area contributed by atoms with E-state index in [0.29, 0.717) is 5.75 Å². The Hall–Kier alpha value is -2.91. The lowest BCUT2D eigenvalue weighted by atomic mass is 9.94. The number of ether oxygens (including phenoxy) is 2. The SMILES string of the molecule is CCC(Cc1ccccc1)(NC[C@](C)(O)CS(=O)(=O)c1ccc2c(c1)OCO2)N(NC(=O)CCl)C(=O)CCS(C)(=O)=O. The molecule has 2 aromatic rings. The average molecular weight is 646 g/mol. The largest absolute Gasteiger partial charge is 0.454 e. The fourth-order valence-corrected chi connectivity index (χ4v) is 6.73. The molecule has 232 valence electrons. The maximum atomic E-state index is 13.5. The van der Waals surface area contributed by atoms with Gasteiger partial charge in [0.25, 0.3) is 5.91 Å². The van der Waals surface area contributed by atoms with Gasteiger partial charge in [0.15, 0.2) is 21.3 Å². The Bertz CT molecular complexity index is 1490. The highest BCUT2D eigenvalue weighted by Gasteiger charge is 2.42. The fraction of sp³-hybridized carbons (Fsp3) is 0.481. The summed E-state index contributed by atoms with van der Waals surface area (Å²) < 4.78 is 60.7. The predicted octanol–water partition coefficient (Wildman–Crippen LogP) is 1.41. The van der Waals surface area contributed by atoms with Gasteiger partial charge in [-0.05, 0) is 31.0 Å². The lowest BCUT2D eigenvalue weighted by molar-refractivity contribution is -0.152. The van der Waals surface area contributed by atoms with Crippen molar-refractivity contribution in [1.82, 2.24) is 15.8 Å². The van der Waals surface area contributed by atoms with Gasteiger partial charge in [-0.15, -0.1) is 11.6 Å². The van der Waals surface area contributed by atoms with Crippen LogP contribution in [0.4, 0.5) is 0 Å². The van der Waals surface area contributed by atoms with Crippen molar-refractivity contribution < 1.29 is 41.0 Å². The molecule has 0 saturated heterocycles. The van der Waals surface area contributed by atoms with Crippen LogP contribution in [0.5, 0.6) is 11.5 Å². The van der Waals surface area contributed by atoms with Crippen LogP contribution in [0, 0.1) is 0 Å². The van der Waals surface area contributed by atoms with Gasteiger partial charge in [-0.1, -0.05) is 37.3 Å². The molecule has 2 amide bonds. The number of nitrogens with one attached hydrogen (secondary N) is 2. The van der Waals surface area contributed by atoms with Crippen LogP contribution in [0.2, 0.25) is 0 Å². The van der Waals surface area contributed by atoms with Gasteiger partial charge in [0.2, 0.25) is 12.7 Å². The van der Waals surface area contributed by atoms with Crippen molar-refractivity contribution in [2.24, 2.45) is 0 Å². The summed E-state index contributed by atoms with van der Waals surface area (Å²) in [7, 11) is -7.53. The van der Waals surface area contributed by atoms with E-state index in [9.17, 15) is 31.5 Å². The molecule has 0 fully saturated rings. The van der Waals surface area contributed by atoms with Crippen molar-refractivity contribution in [2.75, 3.05) is 37.0 Å². The molecule has 3 N–H and O–H groups in total. The molecule has 0 spiro atoms. The molecule has 3 rings (SSSR count). The lowest BCUT2D eigenvalue weighted by Crippen LogP contribution is -2.69. The topological polar surface area (TPSA) is 168 Å². The maximum absolute atomic E-state index is 13.5. The van der Waals surface area contributed by atoms with Gasteiger partial charge in [-0.3, -0.25) is 20.3 Å². The molecule has 12 nitrogen and oxygen atoms in total. The zero-order chi connectivity index (χ0) is 31.2. The molecule has 1 heterocycles. The quantitative estimate of drug-likeness (QED) is 0.155. The number of nitrogens with zero attached hydrogens (tertiary/aromatic N) is 1. The Morgan fingerprint density at radius 3 is 2.36 bits per heavy atom. The molecule has 1 unspecified atom stereocenters. The fourth-order valence-electron chi connectivity index (χ4n) is 4.48. The number of amides is 2. The van der Waals surface area contributed by atoms with E-state index in [-0.39, 0.29) is 36.8 Å². The molecule has 0 radical (unpaired) electrons. The Balaban J connectivity index is 1.93. The zero-order valence-electron chi connectivity index (χ0n) is 23.6. The number of rotatable bonds is 14. The zero-order valence-corrected chi connectivity index (χ0v) is 26.0. The Kier molecular flexibility index (Phi) is 10.9. The second-order valence-electron chi connectivity index (χ2n) is 10.4. The van der Waals surface area contributed by atoms with Gasteiger partial charge < -0.3 is 14.6 Å². The smallest absolute Gasteiger partial charge is 0.253 e.